The molecule has 3 aliphatic rings. The van der Waals surface area contributed by atoms with Gasteiger partial charge in [0.1, 0.15) is 13.2 Å². The van der Waals surface area contributed by atoms with E-state index in [0.717, 1.165) is 25.7 Å². The summed E-state index contributed by atoms with van der Waals surface area (Å²) in [6.07, 6.45) is 5.57. The van der Waals surface area contributed by atoms with Crippen LogP contribution in [0, 0.1) is 0 Å². The molecule has 1 saturated carbocycles. The highest BCUT2D eigenvalue weighted by Crippen LogP contribution is 2.42. The van der Waals surface area contributed by atoms with Gasteiger partial charge in [-0.15, -0.1) is 0 Å². The van der Waals surface area contributed by atoms with Crippen molar-refractivity contribution in [1.29, 1.82) is 0 Å². The molecule has 1 aliphatic carbocycles. The molecule has 0 radical (unpaired) electrons. The minimum atomic E-state index is -0.159. The van der Waals surface area contributed by atoms with Crippen LogP contribution >= 0.6 is 0 Å². The van der Waals surface area contributed by atoms with Crippen LogP contribution in [0.2, 0.25) is 0 Å². The smallest absolute Gasteiger partial charge is 0.254 e. The molecule has 0 bridgehead atoms. The summed E-state index contributed by atoms with van der Waals surface area (Å²) in [6, 6.07) is 3.55. The molecule has 6 heteroatoms. The van der Waals surface area contributed by atoms with Crippen LogP contribution in [0.15, 0.2) is 12.1 Å². The van der Waals surface area contributed by atoms with Crippen LogP contribution in [-0.2, 0) is 4.74 Å². The normalized spacial score (nSPS) is 21.9. The van der Waals surface area contributed by atoms with Gasteiger partial charge in [0.2, 0.25) is 5.75 Å². The number of carbonyl (C=O) groups excluding carboxylic acids is 1. The summed E-state index contributed by atoms with van der Waals surface area (Å²) in [5, 5.41) is 0. The molecule has 2 heterocycles. The first-order valence-corrected chi connectivity index (χ1v) is 9.11. The molecule has 0 N–H and O–H groups in total. The number of hydrogen-bond donors (Lipinski definition) is 0. The average Bonchev–Trinajstić information content (AvgIpc) is 2.67. The van der Waals surface area contributed by atoms with Crippen LogP contribution in [0.4, 0.5) is 0 Å². The minimum absolute atomic E-state index is 0.0282. The number of carbonyl (C=O) groups is 1. The molecule has 2 aliphatic heterocycles. The fourth-order valence-corrected chi connectivity index (χ4v) is 4.23. The number of hydrogen-bond acceptors (Lipinski definition) is 5. The first-order valence-electron chi connectivity index (χ1n) is 9.11. The van der Waals surface area contributed by atoms with Gasteiger partial charge < -0.3 is 23.8 Å². The highest BCUT2D eigenvalue weighted by Gasteiger charge is 2.43. The molecule has 1 saturated heterocycles. The van der Waals surface area contributed by atoms with Crippen molar-refractivity contribution in [2.75, 3.05) is 40.1 Å². The van der Waals surface area contributed by atoms with Crippen molar-refractivity contribution in [2.24, 2.45) is 0 Å². The van der Waals surface area contributed by atoms with Crippen LogP contribution in [0.3, 0.4) is 0 Å². The molecule has 1 aromatic carbocycles. The monoisotopic (exact) mass is 347 g/mol. The largest absolute Gasteiger partial charge is 0.493 e. The number of rotatable bonds is 2. The second kappa shape index (κ2) is 6.75. The van der Waals surface area contributed by atoms with Crippen molar-refractivity contribution in [1.82, 2.24) is 4.90 Å². The highest BCUT2D eigenvalue weighted by molar-refractivity contribution is 5.96. The third kappa shape index (κ3) is 2.92. The van der Waals surface area contributed by atoms with Crippen molar-refractivity contribution < 1.29 is 23.7 Å². The zero-order chi connectivity index (χ0) is 17.3. The van der Waals surface area contributed by atoms with Gasteiger partial charge in [-0.2, -0.15) is 0 Å². The van der Waals surface area contributed by atoms with E-state index >= 15 is 0 Å². The van der Waals surface area contributed by atoms with Crippen LogP contribution < -0.4 is 14.2 Å². The van der Waals surface area contributed by atoms with Crippen molar-refractivity contribution in [3.05, 3.63) is 17.7 Å². The second-order valence-electron chi connectivity index (χ2n) is 7.00. The molecular weight excluding hydrogens is 322 g/mol. The van der Waals surface area contributed by atoms with Gasteiger partial charge in [0.05, 0.1) is 25.9 Å². The summed E-state index contributed by atoms with van der Waals surface area (Å²) in [5.74, 6) is 1.74. The minimum Gasteiger partial charge on any atom is -0.493 e. The molecule has 6 nitrogen and oxygen atoms in total. The van der Waals surface area contributed by atoms with E-state index in [1.165, 1.54) is 6.42 Å². The molecule has 0 atom stereocenters. The SMILES string of the molecule is COc1cc(C(=O)N2CCOCC23CCCCC3)cc2c1OCCO2. The maximum atomic E-state index is 13.3. The fourth-order valence-electron chi connectivity index (χ4n) is 4.23. The quantitative estimate of drug-likeness (QED) is 0.823. The lowest BCUT2D eigenvalue weighted by Crippen LogP contribution is -2.59. The predicted molar refractivity (Wildman–Crippen MR) is 91.7 cm³/mol. The zero-order valence-corrected chi connectivity index (χ0v) is 14.7. The number of amides is 1. The van der Waals surface area contributed by atoms with E-state index in [-0.39, 0.29) is 11.4 Å². The molecular formula is C19H25NO5. The van der Waals surface area contributed by atoms with Gasteiger partial charge in [0.15, 0.2) is 11.5 Å². The van der Waals surface area contributed by atoms with E-state index in [1.54, 1.807) is 19.2 Å². The standard InChI is InChI=1S/C19H25NO5/c1-22-15-11-14(12-16-17(15)25-10-9-24-16)18(21)20-7-8-23-13-19(20)5-3-2-4-6-19/h11-12H,2-10,13H2,1H3. The Bertz CT molecular complexity index is 628. The van der Waals surface area contributed by atoms with E-state index in [2.05, 4.69) is 0 Å². The fraction of sp³-hybridized carbons (Fsp3) is 0.632. The predicted octanol–water partition coefficient (Wildman–Crippen LogP) is 2.64. The first-order chi connectivity index (χ1) is 12.2. The van der Waals surface area contributed by atoms with E-state index in [4.69, 9.17) is 18.9 Å². The molecule has 0 aromatic heterocycles. The highest BCUT2D eigenvalue weighted by atomic mass is 16.6. The van der Waals surface area contributed by atoms with E-state index in [1.807, 2.05) is 4.90 Å². The van der Waals surface area contributed by atoms with Gasteiger partial charge >= 0.3 is 0 Å². The van der Waals surface area contributed by atoms with E-state index < -0.39 is 0 Å². The third-order valence-electron chi connectivity index (χ3n) is 5.51. The lowest BCUT2D eigenvalue weighted by molar-refractivity contribution is -0.0682. The van der Waals surface area contributed by atoms with Crippen molar-refractivity contribution in [2.45, 2.75) is 37.6 Å². The Kier molecular flexibility index (Phi) is 4.46. The number of nitrogens with zero attached hydrogens (tertiary/aromatic N) is 1. The molecule has 2 fully saturated rings. The van der Waals surface area contributed by atoms with Crippen molar-refractivity contribution >= 4 is 5.91 Å². The average molecular weight is 347 g/mol. The topological polar surface area (TPSA) is 57.2 Å². The Morgan fingerprint density at radius 3 is 2.72 bits per heavy atom. The molecule has 136 valence electrons. The van der Waals surface area contributed by atoms with Crippen molar-refractivity contribution in [3.63, 3.8) is 0 Å². The van der Waals surface area contributed by atoms with Crippen LogP contribution in [0.1, 0.15) is 42.5 Å². The van der Waals surface area contributed by atoms with Gasteiger partial charge in [-0.1, -0.05) is 19.3 Å². The Morgan fingerprint density at radius 1 is 1.12 bits per heavy atom. The Balaban J connectivity index is 1.67. The molecule has 25 heavy (non-hydrogen) atoms. The number of morpholine rings is 1. The maximum Gasteiger partial charge on any atom is 0.254 e. The summed E-state index contributed by atoms with van der Waals surface area (Å²) in [6.45, 7) is 2.84. The van der Waals surface area contributed by atoms with E-state index in [9.17, 15) is 4.79 Å². The molecule has 4 rings (SSSR count). The van der Waals surface area contributed by atoms with Gasteiger partial charge in [0.25, 0.3) is 5.91 Å². The van der Waals surface area contributed by atoms with Crippen LogP contribution in [-0.4, -0.2) is 56.4 Å². The number of benzene rings is 1. The lowest BCUT2D eigenvalue weighted by Gasteiger charge is -2.49. The van der Waals surface area contributed by atoms with Crippen LogP contribution in [0.5, 0.6) is 17.2 Å². The summed E-state index contributed by atoms with van der Waals surface area (Å²) in [5.41, 5.74) is 0.432. The second-order valence-corrected chi connectivity index (χ2v) is 7.00. The molecule has 1 amide bonds. The van der Waals surface area contributed by atoms with Gasteiger partial charge in [-0.05, 0) is 25.0 Å². The Labute approximate surface area is 148 Å². The number of ether oxygens (including phenoxy) is 4. The summed E-state index contributed by atoms with van der Waals surface area (Å²) < 4.78 is 22.5. The summed E-state index contributed by atoms with van der Waals surface area (Å²) in [4.78, 5) is 15.4. The maximum absolute atomic E-state index is 13.3. The number of fused-ring (bicyclic) bond motifs is 1. The van der Waals surface area contributed by atoms with Gasteiger partial charge in [0, 0.05) is 12.1 Å². The lowest BCUT2D eigenvalue weighted by atomic mass is 9.79. The first kappa shape index (κ1) is 16.5. The van der Waals surface area contributed by atoms with Gasteiger partial charge in [-0.25, -0.2) is 0 Å². The molecule has 1 aromatic rings. The van der Waals surface area contributed by atoms with Crippen LogP contribution in [0.25, 0.3) is 0 Å². The third-order valence-corrected chi connectivity index (χ3v) is 5.51. The molecule has 1 spiro atoms. The summed E-state index contributed by atoms with van der Waals surface area (Å²) >= 11 is 0. The Hall–Kier alpha value is -1.95. The Morgan fingerprint density at radius 2 is 1.92 bits per heavy atom. The number of methoxy groups -OCH3 is 1. The van der Waals surface area contributed by atoms with Crippen molar-refractivity contribution in [3.8, 4) is 17.2 Å². The van der Waals surface area contributed by atoms with E-state index in [0.29, 0.717) is 55.8 Å². The molecule has 0 unspecified atom stereocenters. The van der Waals surface area contributed by atoms with Gasteiger partial charge in [-0.3, -0.25) is 4.79 Å². The summed E-state index contributed by atoms with van der Waals surface area (Å²) in [7, 11) is 1.58. The zero-order valence-electron chi connectivity index (χ0n) is 14.7.